The standard InChI is InChI=1S/C32H30N6O3S/c1-39-24-12-8-22(9-13-24)36-18-31(16-33)28(26-6-4-5-7-27(26)41-3)32(17-34,19-36)30(42)38-21-37(20-35-29(31)38)23-10-14-25(40-2)15-11-23/h4-15,28H,18-21H2,1-3H3/t28-,31+,32+/m1/s1. The zero-order valence-corrected chi connectivity index (χ0v) is 24.5. The minimum absolute atomic E-state index is 0.299. The minimum Gasteiger partial charge on any atom is -0.497 e. The van der Waals surface area contributed by atoms with Crippen molar-refractivity contribution in [1.82, 2.24) is 4.90 Å². The van der Waals surface area contributed by atoms with Gasteiger partial charge in [-0.1, -0.05) is 30.4 Å². The van der Waals surface area contributed by atoms with Crippen LogP contribution in [0.1, 0.15) is 11.5 Å². The molecule has 212 valence electrons. The molecule has 3 heterocycles. The normalized spacial score (nSPS) is 24.6. The molecule has 0 amide bonds. The van der Waals surface area contributed by atoms with Gasteiger partial charge in [0.15, 0.2) is 0 Å². The lowest BCUT2D eigenvalue weighted by Gasteiger charge is -2.61. The predicted molar refractivity (Wildman–Crippen MR) is 164 cm³/mol. The van der Waals surface area contributed by atoms with Crippen LogP contribution in [0.15, 0.2) is 77.8 Å². The molecule has 3 aromatic rings. The number of hydrogen-bond acceptors (Lipinski definition) is 9. The molecule has 10 heteroatoms. The van der Waals surface area contributed by atoms with Crippen molar-refractivity contribution in [2.45, 2.75) is 5.92 Å². The van der Waals surface area contributed by atoms with Crippen LogP contribution in [0.2, 0.25) is 0 Å². The SMILES string of the molecule is COc1ccc(N2CN=C3N(C2)C(=S)[C@@]2(C#N)CN(c4ccc(OC)cc4)C[C@@]3(C#N)[C@H]2c2ccccc2OC)cc1. The molecule has 3 atom stereocenters. The highest BCUT2D eigenvalue weighted by atomic mass is 32.1. The first-order valence-electron chi connectivity index (χ1n) is 13.5. The molecule has 6 rings (SSSR count). The van der Waals surface area contributed by atoms with Crippen LogP contribution < -0.4 is 24.0 Å². The van der Waals surface area contributed by atoms with E-state index in [-0.39, 0.29) is 0 Å². The molecule has 0 saturated carbocycles. The topological polar surface area (TPSA) is 97.4 Å². The van der Waals surface area contributed by atoms with Crippen molar-refractivity contribution in [3.05, 3.63) is 78.4 Å². The monoisotopic (exact) mass is 578 g/mol. The molecule has 0 aliphatic carbocycles. The van der Waals surface area contributed by atoms with Gasteiger partial charge in [0, 0.05) is 35.9 Å². The van der Waals surface area contributed by atoms with Crippen LogP contribution in [0.5, 0.6) is 17.2 Å². The first-order valence-corrected chi connectivity index (χ1v) is 14.0. The molecule has 2 bridgehead atoms. The Morgan fingerprint density at radius 1 is 0.786 bits per heavy atom. The van der Waals surface area contributed by atoms with Gasteiger partial charge in [0.05, 0.1) is 40.1 Å². The number of nitriles is 2. The van der Waals surface area contributed by atoms with Gasteiger partial charge in [-0.3, -0.25) is 0 Å². The number of fused-ring (bicyclic) bond motifs is 4. The van der Waals surface area contributed by atoms with Crippen LogP contribution >= 0.6 is 12.2 Å². The van der Waals surface area contributed by atoms with Crippen molar-refractivity contribution in [3.63, 3.8) is 0 Å². The van der Waals surface area contributed by atoms with E-state index in [0.29, 0.717) is 43.0 Å². The summed E-state index contributed by atoms with van der Waals surface area (Å²) in [6.45, 7) is 1.33. The minimum atomic E-state index is -1.24. The van der Waals surface area contributed by atoms with E-state index in [1.165, 1.54) is 0 Å². The zero-order chi connectivity index (χ0) is 29.5. The maximum Gasteiger partial charge on any atom is 0.141 e. The maximum absolute atomic E-state index is 11.2. The molecule has 3 aliphatic heterocycles. The predicted octanol–water partition coefficient (Wildman–Crippen LogP) is 4.81. The highest BCUT2D eigenvalue weighted by molar-refractivity contribution is 7.80. The van der Waals surface area contributed by atoms with Gasteiger partial charge in [0.2, 0.25) is 0 Å². The van der Waals surface area contributed by atoms with E-state index in [1.807, 2.05) is 77.7 Å². The average molecular weight is 579 g/mol. The second-order valence-corrected chi connectivity index (χ2v) is 11.0. The van der Waals surface area contributed by atoms with Crippen molar-refractivity contribution < 1.29 is 14.2 Å². The number of rotatable bonds is 6. The van der Waals surface area contributed by atoms with E-state index in [1.54, 1.807) is 21.3 Å². The van der Waals surface area contributed by atoms with E-state index >= 15 is 0 Å². The fraction of sp³-hybridized carbons (Fsp3) is 0.312. The van der Waals surface area contributed by atoms with Gasteiger partial charge in [0.1, 0.15) is 45.6 Å². The fourth-order valence-electron chi connectivity index (χ4n) is 6.62. The molecule has 42 heavy (non-hydrogen) atoms. The van der Waals surface area contributed by atoms with Gasteiger partial charge in [-0.2, -0.15) is 10.5 Å². The summed E-state index contributed by atoms with van der Waals surface area (Å²) in [6.07, 6.45) is 0. The third kappa shape index (κ3) is 4.02. The van der Waals surface area contributed by atoms with E-state index < -0.39 is 16.7 Å². The number of para-hydroxylation sites is 1. The molecule has 2 fully saturated rings. The molecule has 0 radical (unpaired) electrons. The van der Waals surface area contributed by atoms with Crippen LogP contribution in [0.25, 0.3) is 0 Å². The summed E-state index contributed by atoms with van der Waals surface area (Å²) in [5, 5.41) is 22.3. The van der Waals surface area contributed by atoms with Crippen LogP contribution in [-0.4, -0.2) is 63.5 Å². The second kappa shape index (κ2) is 10.6. The molecule has 0 spiro atoms. The Morgan fingerprint density at radius 2 is 1.36 bits per heavy atom. The Hall–Kier alpha value is -4.80. The molecule has 0 aromatic heterocycles. The summed E-state index contributed by atoms with van der Waals surface area (Å²) < 4.78 is 16.5. The van der Waals surface area contributed by atoms with Crippen molar-refractivity contribution >= 4 is 34.4 Å². The van der Waals surface area contributed by atoms with Gasteiger partial charge in [-0.05, 0) is 54.6 Å². The molecular formula is C32H30N6O3S. The van der Waals surface area contributed by atoms with E-state index in [0.717, 1.165) is 28.4 Å². The molecule has 3 aliphatic rings. The lowest BCUT2D eigenvalue weighted by atomic mass is 9.53. The number of methoxy groups -OCH3 is 3. The van der Waals surface area contributed by atoms with Crippen molar-refractivity contribution in [2.75, 3.05) is 57.6 Å². The van der Waals surface area contributed by atoms with Gasteiger partial charge in [-0.25, -0.2) is 4.99 Å². The molecule has 0 N–H and O–H groups in total. The quantitative estimate of drug-likeness (QED) is 0.382. The number of hydrogen-bond donors (Lipinski definition) is 0. The smallest absolute Gasteiger partial charge is 0.141 e. The first-order chi connectivity index (χ1) is 20.4. The lowest BCUT2D eigenvalue weighted by Crippen LogP contribution is -2.73. The number of ether oxygens (including phenoxy) is 3. The number of aliphatic imine (C=N–C) groups is 1. The molecule has 2 saturated heterocycles. The van der Waals surface area contributed by atoms with E-state index in [9.17, 15) is 10.5 Å². The third-order valence-electron chi connectivity index (χ3n) is 8.58. The van der Waals surface area contributed by atoms with Crippen LogP contribution in [0.3, 0.4) is 0 Å². The van der Waals surface area contributed by atoms with Gasteiger partial charge < -0.3 is 28.9 Å². The number of piperidine rings is 2. The summed E-state index contributed by atoms with van der Waals surface area (Å²) in [5.74, 6) is 2.09. The number of amidine groups is 1. The Morgan fingerprint density at radius 3 is 1.93 bits per heavy atom. The second-order valence-electron chi connectivity index (χ2n) is 10.6. The number of benzene rings is 3. The lowest BCUT2D eigenvalue weighted by molar-refractivity contribution is 0.202. The summed E-state index contributed by atoms with van der Waals surface area (Å²) >= 11 is 6.24. The first kappa shape index (κ1) is 27.4. The fourth-order valence-corrected chi connectivity index (χ4v) is 6.99. The number of thiocarbonyl (C=S) groups is 1. The third-order valence-corrected chi connectivity index (χ3v) is 9.16. The van der Waals surface area contributed by atoms with E-state index in [4.69, 9.17) is 31.4 Å². The Labute approximate surface area is 250 Å². The molecule has 9 nitrogen and oxygen atoms in total. The summed E-state index contributed by atoms with van der Waals surface area (Å²) in [5.41, 5.74) is 0.160. The van der Waals surface area contributed by atoms with Crippen molar-refractivity contribution in [1.29, 1.82) is 10.5 Å². The Bertz CT molecular complexity index is 1630. The Balaban J connectivity index is 1.53. The number of anilines is 2. The molecule has 0 unspecified atom stereocenters. The summed E-state index contributed by atoms with van der Waals surface area (Å²) in [6, 6.07) is 28.3. The van der Waals surface area contributed by atoms with Crippen molar-refractivity contribution in [2.24, 2.45) is 15.8 Å². The largest absolute Gasteiger partial charge is 0.497 e. The number of nitrogens with zero attached hydrogens (tertiary/aromatic N) is 6. The maximum atomic E-state index is 11.2. The average Bonchev–Trinajstić information content (AvgIpc) is 3.06. The van der Waals surface area contributed by atoms with Gasteiger partial charge in [-0.15, -0.1) is 0 Å². The Kier molecular flexibility index (Phi) is 6.88. The van der Waals surface area contributed by atoms with Crippen LogP contribution in [0, 0.1) is 33.5 Å². The molecule has 3 aromatic carbocycles. The van der Waals surface area contributed by atoms with Gasteiger partial charge >= 0.3 is 0 Å². The summed E-state index contributed by atoms with van der Waals surface area (Å²) in [4.78, 5) is 11.6. The highest BCUT2D eigenvalue weighted by Gasteiger charge is 2.68. The molecular weight excluding hydrogens is 548 g/mol. The zero-order valence-electron chi connectivity index (χ0n) is 23.7. The van der Waals surface area contributed by atoms with Gasteiger partial charge in [0.25, 0.3) is 0 Å². The van der Waals surface area contributed by atoms with Crippen molar-refractivity contribution in [3.8, 4) is 29.4 Å². The van der Waals surface area contributed by atoms with Crippen LogP contribution in [-0.2, 0) is 0 Å². The van der Waals surface area contributed by atoms with E-state index in [2.05, 4.69) is 21.9 Å². The highest BCUT2D eigenvalue weighted by Crippen LogP contribution is 2.60. The summed E-state index contributed by atoms with van der Waals surface area (Å²) in [7, 11) is 4.86. The van der Waals surface area contributed by atoms with Crippen LogP contribution in [0.4, 0.5) is 11.4 Å².